The third kappa shape index (κ3) is 3.42. The second-order valence-corrected chi connectivity index (χ2v) is 8.88. The molecular weight excluding hydrogens is 394 g/mol. The first-order valence-corrected chi connectivity index (χ1v) is 11.3. The van der Waals surface area contributed by atoms with Crippen LogP contribution >= 0.6 is 11.3 Å². The molecule has 30 heavy (non-hydrogen) atoms. The van der Waals surface area contributed by atoms with Crippen LogP contribution in [0, 0.1) is 0 Å². The molecule has 1 aliphatic carbocycles. The Morgan fingerprint density at radius 1 is 1.00 bits per heavy atom. The van der Waals surface area contributed by atoms with E-state index in [1.54, 1.807) is 17.5 Å². The average Bonchev–Trinajstić information content (AvgIpc) is 3.27. The molecule has 0 radical (unpaired) electrons. The highest BCUT2D eigenvalue weighted by Gasteiger charge is 2.31. The Kier molecular flexibility index (Phi) is 4.39. The summed E-state index contributed by atoms with van der Waals surface area (Å²) in [5.41, 5.74) is 3.91. The highest BCUT2D eigenvalue weighted by atomic mass is 32.1. The van der Waals surface area contributed by atoms with E-state index in [1.165, 1.54) is 31.6 Å². The van der Waals surface area contributed by atoms with Gasteiger partial charge in [0.1, 0.15) is 11.0 Å². The van der Waals surface area contributed by atoms with E-state index in [4.69, 9.17) is 4.98 Å². The Hall–Kier alpha value is -2.97. The van der Waals surface area contributed by atoms with E-state index >= 15 is 0 Å². The SMILES string of the molecule is c1csc(-c2nc(Nc3ccc(N4CCN(C5CC5)CC4)cc3)c3[nH]ncc3n2)c1. The van der Waals surface area contributed by atoms with E-state index in [0.717, 1.165) is 46.5 Å². The summed E-state index contributed by atoms with van der Waals surface area (Å²) < 4.78 is 0. The number of aromatic amines is 1. The standard InChI is InChI=1S/C22H23N7S/c1-2-19(30-13-1)21-25-18-14-23-27-20(18)22(26-21)24-15-3-5-16(6-4-15)28-9-11-29(12-10-28)17-7-8-17/h1-6,13-14,17H,7-12H2,(H,23,27)(H,24,25,26). The number of nitrogens with zero attached hydrogens (tertiary/aromatic N) is 5. The van der Waals surface area contributed by atoms with E-state index in [-0.39, 0.29) is 0 Å². The lowest BCUT2D eigenvalue weighted by atomic mass is 10.2. The van der Waals surface area contributed by atoms with Crippen LogP contribution in [0.1, 0.15) is 12.8 Å². The molecule has 0 amide bonds. The van der Waals surface area contributed by atoms with Crippen LogP contribution in [-0.2, 0) is 0 Å². The number of nitrogens with one attached hydrogen (secondary N) is 2. The van der Waals surface area contributed by atoms with Crippen molar-refractivity contribution >= 4 is 39.6 Å². The van der Waals surface area contributed by atoms with Gasteiger partial charge in [-0.05, 0) is 48.6 Å². The van der Waals surface area contributed by atoms with Crippen LogP contribution < -0.4 is 10.2 Å². The second kappa shape index (κ2) is 7.37. The molecule has 6 rings (SSSR count). The van der Waals surface area contributed by atoms with Gasteiger partial charge in [0.25, 0.3) is 0 Å². The van der Waals surface area contributed by atoms with E-state index in [2.05, 4.69) is 54.6 Å². The summed E-state index contributed by atoms with van der Waals surface area (Å²) in [6, 6.07) is 13.5. The highest BCUT2D eigenvalue weighted by Crippen LogP contribution is 2.30. The Balaban J connectivity index is 1.21. The molecule has 4 heterocycles. The number of H-pyrrole nitrogens is 1. The van der Waals surface area contributed by atoms with Crippen molar-refractivity contribution in [3.8, 4) is 10.7 Å². The van der Waals surface area contributed by atoms with Crippen molar-refractivity contribution in [2.75, 3.05) is 36.4 Å². The van der Waals surface area contributed by atoms with Crippen LogP contribution in [0.2, 0.25) is 0 Å². The van der Waals surface area contributed by atoms with Gasteiger partial charge < -0.3 is 10.2 Å². The Labute approximate surface area is 178 Å². The number of thiophene rings is 1. The molecule has 7 nitrogen and oxygen atoms in total. The van der Waals surface area contributed by atoms with Crippen molar-refractivity contribution in [3.05, 3.63) is 48.0 Å². The number of anilines is 3. The van der Waals surface area contributed by atoms with E-state index in [9.17, 15) is 0 Å². The minimum absolute atomic E-state index is 0.714. The topological polar surface area (TPSA) is 73.0 Å². The van der Waals surface area contributed by atoms with Crippen LogP contribution in [0.15, 0.2) is 48.0 Å². The zero-order valence-corrected chi connectivity index (χ0v) is 17.4. The van der Waals surface area contributed by atoms with E-state index in [0.29, 0.717) is 5.82 Å². The molecule has 2 N–H and O–H groups in total. The molecule has 3 aromatic heterocycles. The smallest absolute Gasteiger partial charge is 0.172 e. The Bertz CT molecular complexity index is 1140. The predicted octanol–water partition coefficient (Wildman–Crippen LogP) is 4.11. The lowest BCUT2D eigenvalue weighted by Crippen LogP contribution is -2.47. The molecule has 0 bridgehead atoms. The van der Waals surface area contributed by atoms with Gasteiger partial charge in [0.15, 0.2) is 11.6 Å². The first-order valence-electron chi connectivity index (χ1n) is 10.4. The van der Waals surface area contributed by atoms with E-state index in [1.807, 2.05) is 17.5 Å². The molecule has 1 saturated carbocycles. The summed E-state index contributed by atoms with van der Waals surface area (Å²) in [5.74, 6) is 1.46. The summed E-state index contributed by atoms with van der Waals surface area (Å²) in [5, 5.41) is 12.7. The van der Waals surface area contributed by atoms with Crippen LogP contribution in [0.4, 0.5) is 17.2 Å². The third-order valence-electron chi connectivity index (χ3n) is 5.91. The minimum Gasteiger partial charge on any atom is -0.369 e. The third-order valence-corrected chi connectivity index (χ3v) is 6.78. The number of rotatable bonds is 5. The molecule has 4 aromatic rings. The maximum absolute atomic E-state index is 4.75. The molecule has 2 aliphatic rings. The Morgan fingerprint density at radius 3 is 2.57 bits per heavy atom. The zero-order valence-electron chi connectivity index (χ0n) is 16.6. The predicted molar refractivity (Wildman–Crippen MR) is 122 cm³/mol. The summed E-state index contributed by atoms with van der Waals surface area (Å²) >= 11 is 1.63. The summed E-state index contributed by atoms with van der Waals surface area (Å²) in [6.07, 6.45) is 4.52. The van der Waals surface area contributed by atoms with Crippen molar-refractivity contribution < 1.29 is 0 Å². The molecule has 152 valence electrons. The minimum atomic E-state index is 0.714. The number of fused-ring (bicyclic) bond motifs is 1. The molecule has 2 fully saturated rings. The number of benzene rings is 1. The molecule has 8 heteroatoms. The number of piperazine rings is 1. The number of hydrogen-bond donors (Lipinski definition) is 2. The van der Waals surface area contributed by atoms with Crippen molar-refractivity contribution in [3.63, 3.8) is 0 Å². The van der Waals surface area contributed by atoms with Gasteiger partial charge >= 0.3 is 0 Å². The van der Waals surface area contributed by atoms with Crippen LogP contribution in [0.3, 0.4) is 0 Å². The molecule has 0 unspecified atom stereocenters. The highest BCUT2D eigenvalue weighted by molar-refractivity contribution is 7.13. The van der Waals surface area contributed by atoms with Crippen LogP contribution in [-0.4, -0.2) is 57.3 Å². The van der Waals surface area contributed by atoms with Gasteiger partial charge in [-0.1, -0.05) is 6.07 Å². The van der Waals surface area contributed by atoms with Crippen molar-refractivity contribution in [1.29, 1.82) is 0 Å². The first kappa shape index (κ1) is 17.9. The van der Waals surface area contributed by atoms with Crippen molar-refractivity contribution in [1.82, 2.24) is 25.1 Å². The lowest BCUT2D eigenvalue weighted by Gasteiger charge is -2.36. The second-order valence-electron chi connectivity index (χ2n) is 7.93. The molecule has 1 saturated heterocycles. The normalized spacial score (nSPS) is 17.5. The summed E-state index contributed by atoms with van der Waals surface area (Å²) in [6.45, 7) is 4.56. The molecule has 1 aromatic carbocycles. The summed E-state index contributed by atoms with van der Waals surface area (Å²) in [7, 11) is 0. The zero-order chi connectivity index (χ0) is 19.9. The molecular formula is C22H23N7S. The van der Waals surface area contributed by atoms with Gasteiger partial charge in [0, 0.05) is 43.6 Å². The van der Waals surface area contributed by atoms with Gasteiger partial charge in [-0.25, -0.2) is 9.97 Å². The number of hydrogen-bond acceptors (Lipinski definition) is 7. The molecule has 1 aliphatic heterocycles. The van der Waals surface area contributed by atoms with E-state index < -0.39 is 0 Å². The monoisotopic (exact) mass is 417 g/mol. The van der Waals surface area contributed by atoms with Crippen molar-refractivity contribution in [2.24, 2.45) is 0 Å². The van der Waals surface area contributed by atoms with Gasteiger partial charge in [0.05, 0.1) is 11.1 Å². The lowest BCUT2D eigenvalue weighted by molar-refractivity contribution is 0.248. The van der Waals surface area contributed by atoms with Crippen LogP contribution in [0.5, 0.6) is 0 Å². The van der Waals surface area contributed by atoms with Gasteiger partial charge in [-0.3, -0.25) is 10.00 Å². The Morgan fingerprint density at radius 2 is 1.83 bits per heavy atom. The maximum atomic E-state index is 4.75. The quantitative estimate of drug-likeness (QED) is 0.509. The van der Waals surface area contributed by atoms with Gasteiger partial charge in [-0.15, -0.1) is 11.3 Å². The fourth-order valence-electron chi connectivity index (χ4n) is 4.12. The molecule has 0 spiro atoms. The van der Waals surface area contributed by atoms with Crippen molar-refractivity contribution in [2.45, 2.75) is 18.9 Å². The van der Waals surface area contributed by atoms with Crippen LogP contribution in [0.25, 0.3) is 21.7 Å². The summed E-state index contributed by atoms with van der Waals surface area (Å²) in [4.78, 5) is 15.6. The van der Waals surface area contributed by atoms with Gasteiger partial charge in [0.2, 0.25) is 0 Å². The first-order chi connectivity index (χ1) is 14.8. The maximum Gasteiger partial charge on any atom is 0.172 e. The molecule has 0 atom stereocenters. The van der Waals surface area contributed by atoms with Gasteiger partial charge in [-0.2, -0.15) is 5.10 Å². The number of aromatic nitrogens is 4. The average molecular weight is 418 g/mol. The largest absolute Gasteiger partial charge is 0.369 e. The fourth-order valence-corrected chi connectivity index (χ4v) is 4.78. The fraction of sp³-hybridized carbons (Fsp3) is 0.318.